The maximum Gasteiger partial charge on any atom is 0.188 e. The van der Waals surface area contributed by atoms with Crippen LogP contribution in [0.3, 0.4) is 0 Å². The number of halogens is 1. The maximum absolute atomic E-state index is 5.84. The van der Waals surface area contributed by atoms with E-state index in [1.807, 2.05) is 17.1 Å². The van der Waals surface area contributed by atoms with Gasteiger partial charge in [0.05, 0.1) is 12.9 Å². The van der Waals surface area contributed by atoms with Crippen LogP contribution < -0.4 is 11.1 Å². The maximum atomic E-state index is 5.84. The van der Waals surface area contributed by atoms with Crippen LogP contribution in [-0.2, 0) is 13.1 Å². The van der Waals surface area contributed by atoms with Crippen molar-refractivity contribution in [2.75, 3.05) is 6.54 Å². The Hall–Kier alpha value is -1.57. The van der Waals surface area contributed by atoms with Crippen LogP contribution in [-0.4, -0.2) is 22.1 Å². The third kappa shape index (κ3) is 6.46. The molecule has 0 aliphatic heterocycles. The highest BCUT2D eigenvalue weighted by Crippen LogP contribution is 2.08. The minimum atomic E-state index is 0. The van der Waals surface area contributed by atoms with Gasteiger partial charge >= 0.3 is 0 Å². The highest BCUT2D eigenvalue weighted by atomic mass is 127. The van der Waals surface area contributed by atoms with Crippen LogP contribution in [0, 0.1) is 5.92 Å². The van der Waals surface area contributed by atoms with E-state index in [4.69, 9.17) is 5.73 Å². The van der Waals surface area contributed by atoms with E-state index in [1.54, 1.807) is 6.20 Å². The first-order valence-electron chi connectivity index (χ1n) is 7.21. The summed E-state index contributed by atoms with van der Waals surface area (Å²) in [4.78, 5) is 8.42. The van der Waals surface area contributed by atoms with E-state index in [0.29, 0.717) is 18.4 Å². The van der Waals surface area contributed by atoms with Gasteiger partial charge in [0, 0.05) is 25.5 Å². The number of nitrogens with zero attached hydrogens (tertiary/aromatic N) is 3. The Morgan fingerprint density at radius 2 is 2.14 bits per heavy atom. The molecule has 0 fully saturated rings. The fraction of sp³-hybridized carbons (Fsp3) is 0.375. The molecule has 0 radical (unpaired) electrons. The summed E-state index contributed by atoms with van der Waals surface area (Å²) in [5, 5.41) is 3.12. The first-order valence-corrected chi connectivity index (χ1v) is 7.21. The van der Waals surface area contributed by atoms with E-state index in [1.165, 1.54) is 5.56 Å². The molecule has 2 aromatic rings. The topological polar surface area (TPSA) is 68.2 Å². The summed E-state index contributed by atoms with van der Waals surface area (Å²) >= 11 is 0. The summed E-state index contributed by atoms with van der Waals surface area (Å²) in [6.07, 6.45) is 5.56. The van der Waals surface area contributed by atoms with Gasteiger partial charge in [0.25, 0.3) is 0 Å². The molecule has 0 amide bonds. The van der Waals surface area contributed by atoms with Crippen LogP contribution in [0.5, 0.6) is 0 Å². The summed E-state index contributed by atoms with van der Waals surface area (Å²) in [6.45, 7) is 6.53. The van der Waals surface area contributed by atoms with Crippen molar-refractivity contribution in [1.29, 1.82) is 0 Å². The highest BCUT2D eigenvalue weighted by Gasteiger charge is 1.99. The zero-order valence-electron chi connectivity index (χ0n) is 13.1. The molecule has 1 heterocycles. The van der Waals surface area contributed by atoms with Crippen molar-refractivity contribution < 1.29 is 0 Å². The molecule has 0 atom stereocenters. The van der Waals surface area contributed by atoms with Crippen molar-refractivity contribution in [3.63, 3.8) is 0 Å². The molecule has 22 heavy (non-hydrogen) atoms. The molecule has 0 unspecified atom stereocenters. The van der Waals surface area contributed by atoms with Gasteiger partial charge in [-0.1, -0.05) is 38.1 Å². The second-order valence-electron chi connectivity index (χ2n) is 5.53. The Morgan fingerprint density at radius 3 is 2.82 bits per heavy atom. The van der Waals surface area contributed by atoms with Crippen molar-refractivity contribution in [2.45, 2.75) is 26.9 Å². The fourth-order valence-electron chi connectivity index (χ4n) is 1.96. The number of benzene rings is 1. The van der Waals surface area contributed by atoms with Gasteiger partial charge < -0.3 is 15.6 Å². The van der Waals surface area contributed by atoms with Gasteiger partial charge in [0.15, 0.2) is 5.96 Å². The molecule has 120 valence electrons. The van der Waals surface area contributed by atoms with E-state index in [2.05, 4.69) is 53.4 Å². The summed E-state index contributed by atoms with van der Waals surface area (Å²) in [5.41, 5.74) is 8.23. The molecule has 0 bridgehead atoms. The van der Waals surface area contributed by atoms with Crippen molar-refractivity contribution in [2.24, 2.45) is 16.6 Å². The Bertz CT molecular complexity index is 578. The molecule has 0 aliphatic rings. The number of imidazole rings is 1. The van der Waals surface area contributed by atoms with E-state index in [9.17, 15) is 0 Å². The van der Waals surface area contributed by atoms with Gasteiger partial charge in [-0.15, -0.1) is 24.0 Å². The Morgan fingerprint density at radius 1 is 1.36 bits per heavy atom. The number of hydrogen-bond acceptors (Lipinski definition) is 2. The first kappa shape index (κ1) is 18.5. The van der Waals surface area contributed by atoms with Gasteiger partial charge in [-0.05, 0) is 17.0 Å². The first-order chi connectivity index (χ1) is 10.1. The number of rotatable bonds is 6. The monoisotopic (exact) mass is 413 g/mol. The van der Waals surface area contributed by atoms with Crippen LogP contribution in [0.1, 0.15) is 25.0 Å². The summed E-state index contributed by atoms with van der Waals surface area (Å²) in [7, 11) is 0. The Balaban J connectivity index is 0.00000242. The third-order valence-corrected chi connectivity index (χ3v) is 3.04. The molecule has 0 spiro atoms. The zero-order valence-corrected chi connectivity index (χ0v) is 15.4. The third-order valence-electron chi connectivity index (χ3n) is 3.04. The minimum absolute atomic E-state index is 0. The van der Waals surface area contributed by atoms with Crippen LogP contribution in [0.25, 0.3) is 0 Å². The number of hydrogen-bond donors (Lipinski definition) is 2. The quantitative estimate of drug-likeness (QED) is 0.435. The lowest BCUT2D eigenvalue weighted by atomic mass is 10.1. The smallest absolute Gasteiger partial charge is 0.188 e. The lowest BCUT2D eigenvalue weighted by Gasteiger charge is -2.08. The molecular formula is C16H24IN5. The molecule has 1 aromatic carbocycles. The van der Waals surface area contributed by atoms with Crippen LogP contribution in [0.2, 0.25) is 0 Å². The lowest BCUT2D eigenvalue weighted by molar-refractivity contribution is 0.622. The SMILES string of the molecule is CC(C)CNC(N)=NCc1cccc(Cn2ccnc2)c1.I. The standard InChI is InChI=1S/C16H23N5.HI/c1-13(2)9-19-16(17)20-10-14-4-3-5-15(8-14)11-21-7-6-18-12-21;/h3-8,12-13H,9-11H2,1-2H3,(H3,17,19,20);1H. The van der Waals surface area contributed by atoms with Crippen molar-refractivity contribution in [1.82, 2.24) is 14.9 Å². The van der Waals surface area contributed by atoms with Crippen LogP contribution in [0.15, 0.2) is 48.0 Å². The molecule has 0 saturated heterocycles. The van der Waals surface area contributed by atoms with Gasteiger partial charge in [-0.3, -0.25) is 0 Å². The summed E-state index contributed by atoms with van der Waals surface area (Å²) in [5.74, 6) is 1.06. The Labute approximate surface area is 149 Å². The lowest BCUT2D eigenvalue weighted by Crippen LogP contribution is -2.34. The Kier molecular flexibility index (Phi) is 7.94. The predicted molar refractivity (Wildman–Crippen MR) is 101 cm³/mol. The van der Waals surface area contributed by atoms with Gasteiger partial charge in [-0.2, -0.15) is 0 Å². The van der Waals surface area contributed by atoms with Gasteiger partial charge in [0.2, 0.25) is 0 Å². The highest BCUT2D eigenvalue weighted by molar-refractivity contribution is 14.0. The summed E-state index contributed by atoms with van der Waals surface area (Å²) in [6, 6.07) is 8.37. The molecule has 0 saturated carbocycles. The number of nitrogens with one attached hydrogen (secondary N) is 1. The summed E-state index contributed by atoms with van der Waals surface area (Å²) < 4.78 is 2.04. The molecular weight excluding hydrogens is 389 g/mol. The minimum Gasteiger partial charge on any atom is -0.370 e. The molecule has 1 aromatic heterocycles. The zero-order chi connectivity index (χ0) is 15.1. The van der Waals surface area contributed by atoms with Crippen molar-refractivity contribution >= 4 is 29.9 Å². The molecule has 3 N–H and O–H groups in total. The van der Waals surface area contributed by atoms with E-state index in [-0.39, 0.29) is 24.0 Å². The average Bonchev–Trinajstić information content (AvgIpc) is 2.96. The second-order valence-corrected chi connectivity index (χ2v) is 5.53. The normalized spacial score (nSPS) is 11.3. The fourth-order valence-corrected chi connectivity index (χ4v) is 1.96. The van der Waals surface area contributed by atoms with Crippen molar-refractivity contribution in [3.8, 4) is 0 Å². The molecule has 6 heteroatoms. The molecule has 5 nitrogen and oxygen atoms in total. The van der Waals surface area contributed by atoms with Crippen LogP contribution in [0.4, 0.5) is 0 Å². The number of nitrogens with two attached hydrogens (primary N) is 1. The second kappa shape index (κ2) is 9.45. The van der Waals surface area contributed by atoms with Gasteiger partial charge in [0.1, 0.15) is 0 Å². The number of aromatic nitrogens is 2. The van der Waals surface area contributed by atoms with E-state index in [0.717, 1.165) is 18.7 Å². The predicted octanol–water partition coefficient (Wildman–Crippen LogP) is 2.61. The van der Waals surface area contributed by atoms with E-state index < -0.39 is 0 Å². The van der Waals surface area contributed by atoms with Crippen LogP contribution >= 0.6 is 24.0 Å². The largest absolute Gasteiger partial charge is 0.370 e. The number of guanidine groups is 1. The van der Waals surface area contributed by atoms with Gasteiger partial charge in [-0.25, -0.2) is 9.98 Å². The molecule has 2 rings (SSSR count). The van der Waals surface area contributed by atoms with E-state index >= 15 is 0 Å². The number of aliphatic imine (C=N–C) groups is 1. The average molecular weight is 413 g/mol. The van der Waals surface area contributed by atoms with Crippen molar-refractivity contribution in [3.05, 3.63) is 54.1 Å². The molecule has 0 aliphatic carbocycles.